The van der Waals surface area contributed by atoms with Crippen LogP contribution in [0.4, 0.5) is 6.01 Å². The number of anilines is 1. The molecule has 0 atom stereocenters. The molecular formula is C12H13N3O3. The predicted molar refractivity (Wildman–Crippen MR) is 66.1 cm³/mol. The molecule has 1 aromatic carbocycles. The van der Waals surface area contributed by atoms with Crippen LogP contribution in [0.15, 0.2) is 22.6 Å². The third-order valence-electron chi connectivity index (χ3n) is 3.01. The number of piperazine rings is 1. The first-order chi connectivity index (χ1) is 8.74. The van der Waals surface area contributed by atoms with Crippen LogP contribution in [0.25, 0.3) is 11.1 Å². The Kier molecular flexibility index (Phi) is 2.64. The Morgan fingerprint density at radius 1 is 1.39 bits per heavy atom. The molecule has 0 spiro atoms. The quantitative estimate of drug-likeness (QED) is 0.822. The fourth-order valence-electron chi connectivity index (χ4n) is 2.04. The maximum absolute atomic E-state index is 10.9. The number of hydrogen-bond donors (Lipinski definition) is 2. The molecule has 1 saturated heterocycles. The highest BCUT2D eigenvalue weighted by Crippen LogP contribution is 2.23. The fraction of sp³-hybridized carbons (Fsp3) is 0.333. The summed E-state index contributed by atoms with van der Waals surface area (Å²) in [6, 6.07) is 5.27. The number of nitrogens with one attached hydrogen (secondary N) is 1. The largest absolute Gasteiger partial charge is 0.478 e. The van der Waals surface area contributed by atoms with Crippen LogP contribution in [0.2, 0.25) is 0 Å². The van der Waals surface area contributed by atoms with Crippen molar-refractivity contribution in [2.75, 3.05) is 31.1 Å². The molecule has 0 unspecified atom stereocenters. The lowest BCUT2D eigenvalue weighted by Crippen LogP contribution is -2.43. The Morgan fingerprint density at radius 2 is 2.17 bits per heavy atom. The molecule has 1 aliphatic rings. The first-order valence-corrected chi connectivity index (χ1v) is 5.83. The number of aromatic nitrogens is 1. The van der Waals surface area contributed by atoms with Gasteiger partial charge >= 0.3 is 5.97 Å². The summed E-state index contributed by atoms with van der Waals surface area (Å²) in [4.78, 5) is 17.3. The van der Waals surface area contributed by atoms with Gasteiger partial charge in [-0.3, -0.25) is 0 Å². The molecule has 18 heavy (non-hydrogen) atoms. The highest BCUT2D eigenvalue weighted by molar-refractivity contribution is 5.92. The summed E-state index contributed by atoms with van der Waals surface area (Å²) in [7, 11) is 0. The van der Waals surface area contributed by atoms with Gasteiger partial charge in [-0.1, -0.05) is 0 Å². The van der Waals surface area contributed by atoms with E-state index in [4.69, 9.17) is 9.52 Å². The molecular weight excluding hydrogens is 234 g/mol. The Hall–Kier alpha value is -2.08. The summed E-state index contributed by atoms with van der Waals surface area (Å²) >= 11 is 0. The van der Waals surface area contributed by atoms with Crippen LogP contribution in [0.1, 0.15) is 10.4 Å². The molecule has 0 radical (unpaired) electrons. The fourth-order valence-corrected chi connectivity index (χ4v) is 2.04. The van der Waals surface area contributed by atoms with E-state index in [1.54, 1.807) is 6.07 Å². The molecule has 2 N–H and O–H groups in total. The maximum atomic E-state index is 10.9. The highest BCUT2D eigenvalue weighted by Gasteiger charge is 2.17. The van der Waals surface area contributed by atoms with E-state index in [1.165, 1.54) is 12.1 Å². The maximum Gasteiger partial charge on any atom is 0.335 e. The second-order valence-corrected chi connectivity index (χ2v) is 4.22. The lowest BCUT2D eigenvalue weighted by molar-refractivity contribution is 0.0697. The summed E-state index contributed by atoms with van der Waals surface area (Å²) in [6.45, 7) is 3.50. The van der Waals surface area contributed by atoms with Gasteiger partial charge in [0, 0.05) is 26.2 Å². The predicted octanol–water partition coefficient (Wildman–Crippen LogP) is 0.936. The number of carbonyl (C=O) groups is 1. The number of aromatic carboxylic acids is 1. The van der Waals surface area contributed by atoms with Gasteiger partial charge in [-0.25, -0.2) is 4.79 Å². The number of carboxylic acids is 1. The van der Waals surface area contributed by atoms with E-state index in [2.05, 4.69) is 15.2 Å². The summed E-state index contributed by atoms with van der Waals surface area (Å²) in [5.74, 6) is -0.955. The minimum Gasteiger partial charge on any atom is -0.478 e. The van der Waals surface area contributed by atoms with E-state index >= 15 is 0 Å². The second kappa shape index (κ2) is 4.30. The molecule has 1 aliphatic heterocycles. The van der Waals surface area contributed by atoms with Crippen LogP contribution in [-0.2, 0) is 0 Å². The van der Waals surface area contributed by atoms with Crippen LogP contribution in [0.3, 0.4) is 0 Å². The SMILES string of the molecule is O=C(O)c1ccc2oc(N3CCNCC3)nc2c1. The summed E-state index contributed by atoms with van der Waals surface area (Å²) in [5.41, 5.74) is 1.43. The van der Waals surface area contributed by atoms with Gasteiger partial charge in [-0.05, 0) is 18.2 Å². The van der Waals surface area contributed by atoms with Crippen molar-refractivity contribution in [1.82, 2.24) is 10.3 Å². The van der Waals surface area contributed by atoms with Gasteiger partial charge in [0.2, 0.25) is 0 Å². The molecule has 0 amide bonds. The van der Waals surface area contributed by atoms with Gasteiger partial charge in [0.05, 0.1) is 5.56 Å². The van der Waals surface area contributed by atoms with Gasteiger partial charge in [0.15, 0.2) is 5.58 Å². The molecule has 2 heterocycles. The molecule has 2 aromatic rings. The van der Waals surface area contributed by atoms with Crippen molar-refractivity contribution in [3.8, 4) is 0 Å². The molecule has 0 bridgehead atoms. The Bertz CT molecular complexity index is 587. The van der Waals surface area contributed by atoms with Gasteiger partial charge in [0.1, 0.15) is 5.52 Å². The molecule has 6 nitrogen and oxygen atoms in total. The zero-order valence-electron chi connectivity index (χ0n) is 9.72. The molecule has 0 aliphatic carbocycles. The molecule has 94 valence electrons. The number of nitrogens with zero attached hydrogens (tertiary/aromatic N) is 2. The van der Waals surface area contributed by atoms with Crippen LogP contribution in [-0.4, -0.2) is 42.2 Å². The molecule has 0 saturated carbocycles. The summed E-state index contributed by atoms with van der Waals surface area (Å²) in [5, 5.41) is 12.2. The smallest absolute Gasteiger partial charge is 0.335 e. The van der Waals surface area contributed by atoms with Crippen molar-refractivity contribution in [3.05, 3.63) is 23.8 Å². The zero-order valence-corrected chi connectivity index (χ0v) is 9.72. The minimum absolute atomic E-state index is 0.225. The van der Waals surface area contributed by atoms with E-state index < -0.39 is 5.97 Å². The molecule has 3 rings (SSSR count). The van der Waals surface area contributed by atoms with E-state index in [1.807, 2.05) is 0 Å². The van der Waals surface area contributed by atoms with E-state index in [0.29, 0.717) is 17.1 Å². The number of rotatable bonds is 2. The Labute approximate surface area is 103 Å². The normalized spacial score (nSPS) is 16.1. The summed E-state index contributed by atoms with van der Waals surface area (Å²) in [6.07, 6.45) is 0. The van der Waals surface area contributed by atoms with Crippen molar-refractivity contribution in [2.45, 2.75) is 0 Å². The summed E-state index contributed by atoms with van der Waals surface area (Å²) < 4.78 is 5.64. The van der Waals surface area contributed by atoms with Gasteiger partial charge in [-0.15, -0.1) is 0 Å². The lowest BCUT2D eigenvalue weighted by atomic mass is 10.2. The number of benzene rings is 1. The van der Waals surface area contributed by atoms with Crippen molar-refractivity contribution >= 4 is 23.1 Å². The number of carboxylic acid groups (broad SMARTS) is 1. The monoisotopic (exact) mass is 247 g/mol. The van der Waals surface area contributed by atoms with Crippen molar-refractivity contribution in [2.24, 2.45) is 0 Å². The van der Waals surface area contributed by atoms with Crippen molar-refractivity contribution in [1.29, 1.82) is 0 Å². The Balaban J connectivity index is 1.97. The van der Waals surface area contributed by atoms with Gasteiger partial charge in [-0.2, -0.15) is 4.98 Å². The third-order valence-corrected chi connectivity index (χ3v) is 3.01. The zero-order chi connectivity index (χ0) is 12.5. The third kappa shape index (κ3) is 1.91. The van der Waals surface area contributed by atoms with E-state index in [0.717, 1.165) is 26.2 Å². The topological polar surface area (TPSA) is 78.6 Å². The molecule has 6 heteroatoms. The van der Waals surface area contributed by atoms with E-state index in [9.17, 15) is 4.79 Å². The molecule has 1 aromatic heterocycles. The van der Waals surface area contributed by atoms with E-state index in [-0.39, 0.29) is 5.56 Å². The Morgan fingerprint density at radius 3 is 2.89 bits per heavy atom. The first-order valence-electron chi connectivity index (χ1n) is 5.83. The van der Waals surface area contributed by atoms with Crippen LogP contribution in [0.5, 0.6) is 0 Å². The lowest BCUT2D eigenvalue weighted by Gasteiger charge is -2.25. The van der Waals surface area contributed by atoms with Crippen molar-refractivity contribution < 1.29 is 14.3 Å². The average molecular weight is 247 g/mol. The van der Waals surface area contributed by atoms with Crippen LogP contribution in [0, 0.1) is 0 Å². The minimum atomic E-state index is -0.955. The number of hydrogen-bond acceptors (Lipinski definition) is 5. The highest BCUT2D eigenvalue weighted by atomic mass is 16.4. The van der Waals surface area contributed by atoms with Crippen LogP contribution < -0.4 is 10.2 Å². The van der Waals surface area contributed by atoms with Crippen molar-refractivity contribution in [3.63, 3.8) is 0 Å². The van der Waals surface area contributed by atoms with Crippen LogP contribution >= 0.6 is 0 Å². The number of fused-ring (bicyclic) bond motifs is 1. The standard InChI is InChI=1S/C12H13N3O3/c16-11(17)8-1-2-10-9(7-8)14-12(18-10)15-5-3-13-4-6-15/h1-2,7,13H,3-6H2,(H,16,17). The second-order valence-electron chi connectivity index (χ2n) is 4.22. The van der Waals surface area contributed by atoms with Gasteiger partial charge < -0.3 is 19.7 Å². The van der Waals surface area contributed by atoms with Gasteiger partial charge in [0.25, 0.3) is 6.01 Å². The average Bonchev–Trinajstić information content (AvgIpc) is 2.82. The first kappa shape index (κ1) is 11.0. The number of oxazole rings is 1. The molecule has 1 fully saturated rings.